The molecule has 0 aliphatic carbocycles. The van der Waals surface area contributed by atoms with Gasteiger partial charge in [0.15, 0.2) is 0 Å². The van der Waals surface area contributed by atoms with Gasteiger partial charge < -0.3 is 15.7 Å². The van der Waals surface area contributed by atoms with Gasteiger partial charge in [-0.2, -0.15) is 0 Å². The highest BCUT2D eigenvalue weighted by Crippen LogP contribution is 2.07. The Balaban J connectivity index is 0.00000121. The smallest absolute Gasteiger partial charge is 0.404 e. The normalized spacial score (nSPS) is 22.5. The van der Waals surface area contributed by atoms with E-state index in [4.69, 9.17) is 5.11 Å². The third kappa shape index (κ3) is 4.41. The van der Waals surface area contributed by atoms with Crippen LogP contribution in [0.1, 0.15) is 12.8 Å². The van der Waals surface area contributed by atoms with Crippen molar-refractivity contribution in [1.29, 1.82) is 0 Å². The zero-order valence-electron chi connectivity index (χ0n) is 6.88. The predicted molar refractivity (Wildman–Crippen MR) is 48.9 cm³/mol. The maximum atomic E-state index is 10.1. The molecular weight excluding hydrogens is 180 g/mol. The molecule has 1 saturated heterocycles. The number of amides is 1. The maximum Gasteiger partial charge on any atom is 0.404 e. The molecule has 5 heteroatoms. The predicted octanol–water partition coefficient (Wildman–Crippen LogP) is 0.675. The van der Waals surface area contributed by atoms with Gasteiger partial charge in [-0.05, 0) is 31.8 Å². The van der Waals surface area contributed by atoms with Crippen LogP contribution >= 0.6 is 12.4 Å². The molecule has 0 spiro atoms. The van der Waals surface area contributed by atoms with E-state index in [1.54, 1.807) is 0 Å². The minimum atomic E-state index is -0.921. The minimum Gasteiger partial charge on any atom is -0.465 e. The molecule has 1 amide bonds. The molecule has 3 N–H and O–H groups in total. The van der Waals surface area contributed by atoms with Crippen LogP contribution in [-0.4, -0.2) is 30.8 Å². The number of carbonyl (C=O) groups is 1. The summed E-state index contributed by atoms with van der Waals surface area (Å²) in [5, 5.41) is 13.9. The molecule has 0 saturated carbocycles. The van der Waals surface area contributed by atoms with Crippen molar-refractivity contribution in [2.24, 2.45) is 5.92 Å². The number of halogens is 1. The number of hydrogen-bond donors (Lipinski definition) is 3. The van der Waals surface area contributed by atoms with Crippen molar-refractivity contribution in [2.75, 3.05) is 19.6 Å². The zero-order valence-corrected chi connectivity index (χ0v) is 7.69. The first kappa shape index (κ1) is 11.5. The van der Waals surface area contributed by atoms with Gasteiger partial charge in [-0.25, -0.2) is 4.79 Å². The monoisotopic (exact) mass is 194 g/mol. The summed E-state index contributed by atoms with van der Waals surface area (Å²) in [4.78, 5) is 10.1. The van der Waals surface area contributed by atoms with E-state index in [9.17, 15) is 4.79 Å². The van der Waals surface area contributed by atoms with Gasteiger partial charge in [0.1, 0.15) is 0 Å². The second-order valence-electron chi connectivity index (χ2n) is 2.90. The van der Waals surface area contributed by atoms with E-state index in [1.165, 1.54) is 0 Å². The Hall–Kier alpha value is -0.480. The van der Waals surface area contributed by atoms with Crippen LogP contribution in [-0.2, 0) is 0 Å². The van der Waals surface area contributed by atoms with Gasteiger partial charge in [0.25, 0.3) is 0 Å². The largest absolute Gasteiger partial charge is 0.465 e. The highest BCUT2D eigenvalue weighted by atomic mass is 35.5. The van der Waals surface area contributed by atoms with Crippen LogP contribution in [0.25, 0.3) is 0 Å². The zero-order chi connectivity index (χ0) is 8.10. The molecule has 0 aromatic heterocycles. The summed E-state index contributed by atoms with van der Waals surface area (Å²) in [7, 11) is 0. The molecule has 0 bridgehead atoms. The van der Waals surface area contributed by atoms with Crippen LogP contribution in [0.2, 0.25) is 0 Å². The molecule has 0 aromatic rings. The Labute approximate surface area is 78.1 Å². The van der Waals surface area contributed by atoms with E-state index in [0.29, 0.717) is 12.5 Å². The molecule has 1 aliphatic rings. The lowest BCUT2D eigenvalue weighted by atomic mass is 10.00. The van der Waals surface area contributed by atoms with E-state index in [-0.39, 0.29) is 12.4 Å². The average Bonchev–Trinajstić information content (AvgIpc) is 2.03. The molecule has 1 fully saturated rings. The van der Waals surface area contributed by atoms with E-state index < -0.39 is 6.09 Å². The van der Waals surface area contributed by atoms with Crippen LogP contribution < -0.4 is 10.6 Å². The first-order valence-corrected chi connectivity index (χ1v) is 3.96. The molecular formula is C7H15ClN2O2. The Bertz CT molecular complexity index is 137. The summed E-state index contributed by atoms with van der Waals surface area (Å²) in [6.07, 6.45) is 1.37. The van der Waals surface area contributed by atoms with Gasteiger partial charge in [-0.15, -0.1) is 12.4 Å². The molecule has 12 heavy (non-hydrogen) atoms. The van der Waals surface area contributed by atoms with Crippen LogP contribution in [0.15, 0.2) is 0 Å². The average molecular weight is 195 g/mol. The molecule has 72 valence electrons. The molecule has 1 heterocycles. The summed E-state index contributed by atoms with van der Waals surface area (Å²) in [6, 6.07) is 0. The van der Waals surface area contributed by atoms with E-state index in [2.05, 4.69) is 10.6 Å². The first-order chi connectivity index (χ1) is 5.29. The summed E-state index contributed by atoms with van der Waals surface area (Å²) in [6.45, 7) is 2.60. The number of nitrogens with one attached hydrogen (secondary N) is 2. The van der Waals surface area contributed by atoms with Gasteiger partial charge in [-0.3, -0.25) is 0 Å². The highest BCUT2D eigenvalue weighted by Gasteiger charge is 2.12. The minimum absolute atomic E-state index is 0. The van der Waals surface area contributed by atoms with Gasteiger partial charge >= 0.3 is 6.09 Å². The molecule has 0 unspecified atom stereocenters. The third-order valence-corrected chi connectivity index (χ3v) is 1.94. The van der Waals surface area contributed by atoms with Gasteiger partial charge in [-0.1, -0.05) is 0 Å². The molecule has 4 nitrogen and oxygen atoms in total. The van der Waals surface area contributed by atoms with E-state index in [0.717, 1.165) is 25.9 Å². The summed E-state index contributed by atoms with van der Waals surface area (Å²) < 4.78 is 0. The third-order valence-electron chi connectivity index (χ3n) is 1.94. The number of hydrogen-bond acceptors (Lipinski definition) is 2. The van der Waals surface area contributed by atoms with Crippen molar-refractivity contribution in [3.63, 3.8) is 0 Å². The number of carboxylic acid groups (broad SMARTS) is 1. The molecule has 1 aliphatic heterocycles. The van der Waals surface area contributed by atoms with E-state index in [1.807, 2.05) is 0 Å². The van der Waals surface area contributed by atoms with Crippen LogP contribution in [0.4, 0.5) is 4.79 Å². The Kier molecular flexibility index (Phi) is 5.84. The fourth-order valence-corrected chi connectivity index (χ4v) is 1.33. The van der Waals surface area contributed by atoms with Crippen molar-refractivity contribution >= 4 is 18.5 Å². The molecule has 0 radical (unpaired) electrons. The maximum absolute atomic E-state index is 10.1. The SMILES string of the molecule is Cl.O=C(O)NC[C@H]1CCCNC1. The molecule has 1 rings (SSSR count). The van der Waals surface area contributed by atoms with Crippen molar-refractivity contribution in [3.8, 4) is 0 Å². The van der Waals surface area contributed by atoms with Crippen LogP contribution in [0.5, 0.6) is 0 Å². The molecule has 0 aromatic carbocycles. The van der Waals surface area contributed by atoms with E-state index >= 15 is 0 Å². The van der Waals surface area contributed by atoms with Crippen molar-refractivity contribution < 1.29 is 9.90 Å². The quantitative estimate of drug-likeness (QED) is 0.606. The summed E-state index contributed by atoms with van der Waals surface area (Å²) in [5.74, 6) is 0.486. The highest BCUT2D eigenvalue weighted by molar-refractivity contribution is 5.85. The first-order valence-electron chi connectivity index (χ1n) is 3.96. The van der Waals surface area contributed by atoms with Crippen molar-refractivity contribution in [2.45, 2.75) is 12.8 Å². The summed E-state index contributed by atoms with van der Waals surface area (Å²) >= 11 is 0. The lowest BCUT2D eigenvalue weighted by molar-refractivity contribution is 0.191. The van der Waals surface area contributed by atoms with Gasteiger partial charge in [0.05, 0.1) is 0 Å². The standard InChI is InChI=1S/C7H14N2O2.ClH/c10-7(11)9-5-6-2-1-3-8-4-6;/h6,8-9H,1-5H2,(H,10,11);1H/t6-;/m0./s1. The van der Waals surface area contributed by atoms with Crippen LogP contribution in [0.3, 0.4) is 0 Å². The Morgan fingerprint density at radius 1 is 1.67 bits per heavy atom. The van der Waals surface area contributed by atoms with Crippen molar-refractivity contribution in [3.05, 3.63) is 0 Å². The summed E-state index contributed by atoms with van der Waals surface area (Å²) in [5.41, 5.74) is 0. The van der Waals surface area contributed by atoms with Crippen molar-refractivity contribution in [1.82, 2.24) is 10.6 Å². The second-order valence-corrected chi connectivity index (χ2v) is 2.90. The number of rotatable bonds is 2. The fraction of sp³-hybridized carbons (Fsp3) is 0.857. The number of piperidine rings is 1. The van der Waals surface area contributed by atoms with Crippen LogP contribution in [0, 0.1) is 5.92 Å². The Morgan fingerprint density at radius 2 is 2.42 bits per heavy atom. The topological polar surface area (TPSA) is 61.4 Å². The lowest BCUT2D eigenvalue weighted by Gasteiger charge is -2.22. The lowest BCUT2D eigenvalue weighted by Crippen LogP contribution is -2.37. The fourth-order valence-electron chi connectivity index (χ4n) is 1.33. The molecule has 1 atom stereocenters. The second kappa shape index (κ2) is 6.08. The Morgan fingerprint density at radius 3 is 2.92 bits per heavy atom. The van der Waals surface area contributed by atoms with Gasteiger partial charge in [0, 0.05) is 6.54 Å². The van der Waals surface area contributed by atoms with Gasteiger partial charge in [0.2, 0.25) is 0 Å².